The van der Waals surface area contributed by atoms with Gasteiger partial charge in [-0.05, 0) is 17.7 Å². The first-order valence-corrected chi connectivity index (χ1v) is 10.9. The number of hydrogen-bond donors (Lipinski definition) is 2. The maximum absolute atomic E-state index is 13.6. The number of halogens is 3. The summed E-state index contributed by atoms with van der Waals surface area (Å²) in [5.74, 6) is 0.464. The van der Waals surface area contributed by atoms with Gasteiger partial charge in [0, 0.05) is 42.3 Å². The Morgan fingerprint density at radius 3 is 2.68 bits per heavy atom. The molecule has 0 spiro atoms. The summed E-state index contributed by atoms with van der Waals surface area (Å²) in [4.78, 5) is 3.87. The number of alkyl halides is 3. The highest BCUT2D eigenvalue weighted by atomic mass is 19.4. The number of H-pyrrole nitrogens is 1. The van der Waals surface area contributed by atoms with Crippen LogP contribution in [-0.4, -0.2) is 49.7 Å². The molecule has 1 saturated heterocycles. The number of aromatic nitrogens is 6. The molecule has 4 heterocycles. The fraction of sp³-hybridized carbons (Fsp3) is 0.391. The first kappa shape index (κ1) is 22.5. The van der Waals surface area contributed by atoms with E-state index in [0.29, 0.717) is 41.8 Å². The molecule has 1 aliphatic rings. The van der Waals surface area contributed by atoms with Crippen molar-refractivity contribution in [2.45, 2.75) is 30.9 Å². The van der Waals surface area contributed by atoms with E-state index in [-0.39, 0.29) is 23.6 Å². The number of nitrogens with one attached hydrogen (secondary N) is 1. The fourth-order valence-electron chi connectivity index (χ4n) is 4.36. The first-order chi connectivity index (χ1) is 16.2. The summed E-state index contributed by atoms with van der Waals surface area (Å²) >= 11 is 0. The molecule has 34 heavy (non-hydrogen) atoms. The minimum Gasteiger partial charge on any atom is -0.379 e. The van der Waals surface area contributed by atoms with Crippen LogP contribution in [0.2, 0.25) is 0 Å². The van der Waals surface area contributed by atoms with E-state index in [9.17, 15) is 13.2 Å². The highest BCUT2D eigenvalue weighted by Crippen LogP contribution is 2.39. The molecule has 1 unspecified atom stereocenters. The molecule has 3 N–H and O–H groups in total. The lowest BCUT2D eigenvalue weighted by molar-refractivity contribution is -0.141. The summed E-state index contributed by atoms with van der Waals surface area (Å²) in [5, 5.41) is 15.8. The molecule has 5 rings (SSSR count). The number of rotatable bonds is 6. The van der Waals surface area contributed by atoms with Crippen LogP contribution in [-0.2, 0) is 29.8 Å². The van der Waals surface area contributed by atoms with Gasteiger partial charge >= 0.3 is 6.18 Å². The molecule has 11 heteroatoms. The van der Waals surface area contributed by atoms with Gasteiger partial charge in [-0.15, -0.1) is 10.2 Å². The van der Waals surface area contributed by atoms with Crippen molar-refractivity contribution in [2.75, 3.05) is 19.8 Å². The highest BCUT2D eigenvalue weighted by molar-refractivity contribution is 5.94. The molecule has 3 aromatic heterocycles. The molecule has 0 bridgehead atoms. The Bertz CT molecular complexity index is 1340. The summed E-state index contributed by atoms with van der Waals surface area (Å²) in [6, 6.07) is 8.75. The number of aryl methyl sites for hydroxylation is 1. The van der Waals surface area contributed by atoms with Crippen molar-refractivity contribution in [3.05, 3.63) is 59.4 Å². The normalized spacial score (nSPS) is 16.5. The lowest BCUT2D eigenvalue weighted by Crippen LogP contribution is -2.49. The Hall–Kier alpha value is -3.31. The van der Waals surface area contributed by atoms with E-state index in [1.54, 1.807) is 13.3 Å². The second kappa shape index (κ2) is 8.17. The van der Waals surface area contributed by atoms with Crippen LogP contribution in [0.1, 0.15) is 35.6 Å². The van der Waals surface area contributed by atoms with Gasteiger partial charge in [-0.2, -0.15) is 18.3 Å². The molecule has 4 aromatic rings. The zero-order valence-electron chi connectivity index (χ0n) is 18.7. The third kappa shape index (κ3) is 3.74. The molecular formula is C23H24F3N7O. The summed E-state index contributed by atoms with van der Waals surface area (Å²) in [7, 11) is 1.89. The van der Waals surface area contributed by atoms with Crippen LogP contribution >= 0.6 is 0 Å². The highest BCUT2D eigenvalue weighted by Gasteiger charge is 2.42. The number of ether oxygens (including phenoxy) is 1. The van der Waals surface area contributed by atoms with Crippen LogP contribution in [0.5, 0.6) is 0 Å². The van der Waals surface area contributed by atoms with E-state index in [1.165, 1.54) is 0 Å². The number of nitrogens with two attached hydrogens (primary N) is 1. The van der Waals surface area contributed by atoms with Gasteiger partial charge in [-0.1, -0.05) is 25.1 Å². The Balaban J connectivity index is 1.61. The number of hydrogen-bond acceptors (Lipinski definition) is 6. The molecule has 0 saturated carbocycles. The van der Waals surface area contributed by atoms with Gasteiger partial charge in [-0.3, -0.25) is 5.10 Å². The largest absolute Gasteiger partial charge is 0.433 e. The quantitative estimate of drug-likeness (QED) is 0.447. The average molecular weight is 471 g/mol. The number of aromatic amines is 1. The lowest BCUT2D eigenvalue weighted by atomic mass is 9.75. The summed E-state index contributed by atoms with van der Waals surface area (Å²) in [6.07, 6.45) is -2.30. The third-order valence-corrected chi connectivity index (χ3v) is 6.50. The monoisotopic (exact) mass is 471 g/mol. The van der Waals surface area contributed by atoms with Gasteiger partial charge in [0.05, 0.1) is 24.4 Å². The second-order valence-electron chi connectivity index (χ2n) is 8.91. The number of benzene rings is 1. The van der Waals surface area contributed by atoms with Crippen LogP contribution in [0.3, 0.4) is 0 Å². The van der Waals surface area contributed by atoms with Crippen LogP contribution in [0, 0.1) is 0 Å². The van der Waals surface area contributed by atoms with Gasteiger partial charge in [0.1, 0.15) is 23.5 Å². The van der Waals surface area contributed by atoms with E-state index < -0.39 is 11.9 Å². The van der Waals surface area contributed by atoms with Gasteiger partial charge in [-0.25, -0.2) is 4.98 Å². The van der Waals surface area contributed by atoms with Crippen LogP contribution < -0.4 is 5.73 Å². The van der Waals surface area contributed by atoms with Crippen molar-refractivity contribution in [3.8, 4) is 11.3 Å². The van der Waals surface area contributed by atoms with Crippen molar-refractivity contribution in [2.24, 2.45) is 12.8 Å². The lowest BCUT2D eigenvalue weighted by Gasteiger charge is -2.41. The molecule has 1 aromatic carbocycles. The molecule has 1 fully saturated rings. The van der Waals surface area contributed by atoms with E-state index in [2.05, 4.69) is 25.4 Å². The molecular weight excluding hydrogens is 447 g/mol. The topological polar surface area (TPSA) is 108 Å². The van der Waals surface area contributed by atoms with Gasteiger partial charge in [0.2, 0.25) is 0 Å². The number of fused-ring (bicyclic) bond motifs is 1. The van der Waals surface area contributed by atoms with Crippen molar-refractivity contribution >= 4 is 10.9 Å². The summed E-state index contributed by atoms with van der Waals surface area (Å²) < 4.78 is 48.4. The molecule has 1 aliphatic heterocycles. The maximum Gasteiger partial charge on any atom is 0.433 e. The summed E-state index contributed by atoms with van der Waals surface area (Å²) in [6.45, 7) is 2.95. The van der Waals surface area contributed by atoms with Crippen LogP contribution in [0.4, 0.5) is 13.2 Å². The number of pyridine rings is 1. The minimum absolute atomic E-state index is 0.165. The van der Waals surface area contributed by atoms with Crippen LogP contribution in [0.15, 0.2) is 36.7 Å². The van der Waals surface area contributed by atoms with Crippen LogP contribution in [0.25, 0.3) is 22.2 Å². The smallest absolute Gasteiger partial charge is 0.379 e. The minimum atomic E-state index is -4.59. The molecule has 0 amide bonds. The molecule has 0 aliphatic carbocycles. The van der Waals surface area contributed by atoms with Crippen molar-refractivity contribution in [3.63, 3.8) is 0 Å². The molecule has 1 atom stereocenters. The standard InChI is InChI=1S/C23H24F3N7O/c1-13(9-27)19-21-16(7-17(29-19)23(24,25)26)20(31-32-21)14-4-3-5-15(6-14)22(10-34-11-22)8-18-30-28-12-33(18)2/h3-7,12-13H,8-11,27H2,1-2H3,(H,31,32). The Kier molecular flexibility index (Phi) is 5.40. The van der Waals surface area contributed by atoms with E-state index >= 15 is 0 Å². The van der Waals surface area contributed by atoms with Crippen molar-refractivity contribution < 1.29 is 17.9 Å². The second-order valence-corrected chi connectivity index (χ2v) is 8.91. The predicted octanol–water partition coefficient (Wildman–Crippen LogP) is 3.35. The zero-order valence-corrected chi connectivity index (χ0v) is 18.7. The van der Waals surface area contributed by atoms with Gasteiger partial charge in [0.25, 0.3) is 0 Å². The van der Waals surface area contributed by atoms with Gasteiger partial charge in [0.15, 0.2) is 0 Å². The van der Waals surface area contributed by atoms with E-state index in [4.69, 9.17) is 10.5 Å². The van der Waals surface area contributed by atoms with Crippen molar-refractivity contribution in [1.82, 2.24) is 29.9 Å². The molecule has 8 nitrogen and oxygen atoms in total. The molecule has 0 radical (unpaired) electrons. The zero-order chi connectivity index (χ0) is 24.1. The summed E-state index contributed by atoms with van der Waals surface area (Å²) in [5.41, 5.74) is 7.37. The first-order valence-electron chi connectivity index (χ1n) is 10.9. The Morgan fingerprint density at radius 1 is 1.26 bits per heavy atom. The van der Waals surface area contributed by atoms with Gasteiger partial charge < -0.3 is 15.0 Å². The van der Waals surface area contributed by atoms with E-state index in [0.717, 1.165) is 17.5 Å². The fourth-order valence-corrected chi connectivity index (χ4v) is 4.36. The predicted molar refractivity (Wildman–Crippen MR) is 119 cm³/mol. The number of nitrogens with zero attached hydrogens (tertiary/aromatic N) is 5. The Morgan fingerprint density at radius 2 is 2.06 bits per heavy atom. The SMILES string of the molecule is CC(CN)c1nc(C(F)(F)F)cc2c(-c3cccc(C4(Cc5nncn5C)COC4)c3)n[nH]c12. The average Bonchev–Trinajstić information content (AvgIpc) is 3.40. The van der Waals surface area contributed by atoms with E-state index in [1.807, 2.05) is 35.9 Å². The maximum atomic E-state index is 13.6. The molecule has 178 valence electrons. The Labute approximate surface area is 193 Å². The van der Waals surface area contributed by atoms with Crippen molar-refractivity contribution in [1.29, 1.82) is 0 Å². The third-order valence-electron chi connectivity index (χ3n) is 6.50.